The average Bonchev–Trinajstić information content (AvgIpc) is 2.98. The SMILES string of the molecule is CCCNCc1ccncc1N1CCc2sccc2C1C. The van der Waals surface area contributed by atoms with E-state index in [4.69, 9.17) is 0 Å². The normalized spacial score (nSPS) is 17.8. The number of hydrogen-bond donors (Lipinski definition) is 1. The molecule has 4 heteroatoms. The van der Waals surface area contributed by atoms with E-state index >= 15 is 0 Å². The highest BCUT2D eigenvalue weighted by Crippen LogP contribution is 2.36. The first-order valence-electron chi connectivity index (χ1n) is 7.77. The Hall–Kier alpha value is -1.39. The Bertz CT molecular complexity index is 593. The van der Waals surface area contributed by atoms with Gasteiger partial charge in [-0.15, -0.1) is 11.3 Å². The van der Waals surface area contributed by atoms with Gasteiger partial charge in [-0.3, -0.25) is 4.98 Å². The maximum Gasteiger partial charge on any atom is 0.0603 e. The van der Waals surface area contributed by atoms with Gasteiger partial charge in [0, 0.05) is 24.2 Å². The van der Waals surface area contributed by atoms with Gasteiger partial charge in [0.1, 0.15) is 0 Å². The van der Waals surface area contributed by atoms with E-state index in [9.17, 15) is 0 Å². The summed E-state index contributed by atoms with van der Waals surface area (Å²) in [5.74, 6) is 0. The standard InChI is InChI=1S/C17H23N3S/c1-3-7-18-11-14-4-8-19-12-16(14)20-9-5-17-15(13(20)2)6-10-21-17/h4,6,8,10,12-13,18H,3,5,7,9,11H2,1-2H3. The summed E-state index contributed by atoms with van der Waals surface area (Å²) in [5.41, 5.74) is 4.12. The number of nitrogens with zero attached hydrogens (tertiary/aromatic N) is 2. The highest BCUT2D eigenvalue weighted by atomic mass is 32.1. The lowest BCUT2D eigenvalue weighted by atomic mass is 10.00. The van der Waals surface area contributed by atoms with E-state index in [1.165, 1.54) is 23.2 Å². The fourth-order valence-corrected chi connectivity index (χ4v) is 4.02. The molecule has 0 amide bonds. The maximum atomic E-state index is 4.36. The first-order chi connectivity index (χ1) is 10.3. The molecule has 3 heterocycles. The summed E-state index contributed by atoms with van der Waals surface area (Å²) >= 11 is 1.89. The smallest absolute Gasteiger partial charge is 0.0603 e. The van der Waals surface area contributed by atoms with E-state index in [1.54, 1.807) is 4.88 Å². The lowest BCUT2D eigenvalue weighted by molar-refractivity contribution is 0.620. The first-order valence-corrected chi connectivity index (χ1v) is 8.65. The molecule has 3 rings (SSSR count). The minimum atomic E-state index is 0.439. The molecule has 0 aromatic carbocycles. The second kappa shape index (κ2) is 6.58. The van der Waals surface area contributed by atoms with Gasteiger partial charge < -0.3 is 10.2 Å². The van der Waals surface area contributed by atoms with Crippen molar-refractivity contribution in [3.63, 3.8) is 0 Å². The number of thiophene rings is 1. The predicted octanol–water partition coefficient (Wildman–Crippen LogP) is 3.77. The Morgan fingerprint density at radius 3 is 3.19 bits per heavy atom. The Labute approximate surface area is 131 Å². The molecule has 0 saturated heterocycles. The summed E-state index contributed by atoms with van der Waals surface area (Å²) in [6.45, 7) is 7.57. The quantitative estimate of drug-likeness (QED) is 0.852. The molecular weight excluding hydrogens is 278 g/mol. The molecule has 3 nitrogen and oxygen atoms in total. The highest BCUT2D eigenvalue weighted by molar-refractivity contribution is 7.10. The molecule has 0 saturated carbocycles. The molecule has 2 aromatic heterocycles. The third kappa shape index (κ3) is 2.97. The number of nitrogens with one attached hydrogen (secondary N) is 1. The Kier molecular flexibility index (Phi) is 4.56. The molecule has 1 atom stereocenters. The lowest BCUT2D eigenvalue weighted by Gasteiger charge is -2.36. The molecule has 1 aliphatic rings. The van der Waals surface area contributed by atoms with Crippen molar-refractivity contribution in [2.45, 2.75) is 39.3 Å². The fraction of sp³-hybridized carbons (Fsp3) is 0.471. The molecule has 1 aliphatic heterocycles. The zero-order valence-electron chi connectivity index (χ0n) is 12.8. The summed E-state index contributed by atoms with van der Waals surface area (Å²) in [5, 5.41) is 5.73. The molecule has 0 fully saturated rings. The number of anilines is 1. The Balaban J connectivity index is 1.84. The minimum absolute atomic E-state index is 0.439. The lowest BCUT2D eigenvalue weighted by Crippen LogP contribution is -2.34. The molecule has 0 aliphatic carbocycles. The van der Waals surface area contributed by atoms with Crippen molar-refractivity contribution in [3.05, 3.63) is 45.9 Å². The van der Waals surface area contributed by atoms with E-state index < -0.39 is 0 Å². The summed E-state index contributed by atoms with van der Waals surface area (Å²) in [6, 6.07) is 4.87. The molecule has 0 bridgehead atoms. The van der Waals surface area contributed by atoms with Crippen molar-refractivity contribution in [1.29, 1.82) is 0 Å². The van der Waals surface area contributed by atoms with Gasteiger partial charge in [0.25, 0.3) is 0 Å². The van der Waals surface area contributed by atoms with Crippen molar-refractivity contribution in [3.8, 4) is 0 Å². The molecule has 1 unspecified atom stereocenters. The fourth-order valence-electron chi connectivity index (χ4n) is 3.06. The second-order valence-electron chi connectivity index (χ2n) is 5.60. The second-order valence-corrected chi connectivity index (χ2v) is 6.60. The zero-order valence-corrected chi connectivity index (χ0v) is 13.6. The van der Waals surface area contributed by atoms with E-state index in [2.05, 4.69) is 46.6 Å². The van der Waals surface area contributed by atoms with Gasteiger partial charge in [-0.25, -0.2) is 0 Å². The Morgan fingerprint density at radius 1 is 1.43 bits per heavy atom. The van der Waals surface area contributed by atoms with Crippen LogP contribution in [0.25, 0.3) is 0 Å². The van der Waals surface area contributed by atoms with Crippen LogP contribution in [0.4, 0.5) is 5.69 Å². The summed E-state index contributed by atoms with van der Waals surface area (Å²) in [6.07, 6.45) is 6.24. The number of hydrogen-bond acceptors (Lipinski definition) is 4. The van der Waals surface area contributed by atoms with Gasteiger partial charge >= 0.3 is 0 Å². The van der Waals surface area contributed by atoms with Crippen molar-refractivity contribution >= 4 is 17.0 Å². The van der Waals surface area contributed by atoms with E-state index in [0.29, 0.717) is 6.04 Å². The Morgan fingerprint density at radius 2 is 2.33 bits per heavy atom. The average molecular weight is 301 g/mol. The molecule has 0 radical (unpaired) electrons. The topological polar surface area (TPSA) is 28.2 Å². The van der Waals surface area contributed by atoms with Gasteiger partial charge in [-0.1, -0.05) is 6.92 Å². The minimum Gasteiger partial charge on any atom is -0.363 e. The summed E-state index contributed by atoms with van der Waals surface area (Å²) < 4.78 is 0. The van der Waals surface area contributed by atoms with E-state index in [0.717, 1.165) is 26.1 Å². The third-order valence-electron chi connectivity index (χ3n) is 4.22. The van der Waals surface area contributed by atoms with Gasteiger partial charge in [0.2, 0.25) is 0 Å². The van der Waals surface area contributed by atoms with Crippen molar-refractivity contribution in [2.75, 3.05) is 18.0 Å². The zero-order chi connectivity index (χ0) is 14.7. The highest BCUT2D eigenvalue weighted by Gasteiger charge is 2.26. The van der Waals surface area contributed by atoms with Crippen LogP contribution >= 0.6 is 11.3 Å². The molecule has 0 spiro atoms. The van der Waals surface area contributed by atoms with Gasteiger partial charge in [0.15, 0.2) is 0 Å². The van der Waals surface area contributed by atoms with Crippen LogP contribution in [0, 0.1) is 0 Å². The molecular formula is C17H23N3S. The third-order valence-corrected chi connectivity index (χ3v) is 5.21. The number of pyridine rings is 1. The van der Waals surface area contributed by atoms with Crippen LogP contribution in [0.15, 0.2) is 29.9 Å². The number of rotatable bonds is 5. The molecule has 1 N–H and O–H groups in total. The monoisotopic (exact) mass is 301 g/mol. The maximum absolute atomic E-state index is 4.36. The van der Waals surface area contributed by atoms with Gasteiger partial charge in [-0.05, 0) is 54.9 Å². The molecule has 112 valence electrons. The summed E-state index contributed by atoms with van der Waals surface area (Å²) in [4.78, 5) is 8.41. The summed E-state index contributed by atoms with van der Waals surface area (Å²) in [7, 11) is 0. The van der Waals surface area contributed by atoms with E-state index in [-0.39, 0.29) is 0 Å². The number of aromatic nitrogens is 1. The van der Waals surface area contributed by atoms with Crippen molar-refractivity contribution in [2.24, 2.45) is 0 Å². The van der Waals surface area contributed by atoms with Crippen molar-refractivity contribution in [1.82, 2.24) is 10.3 Å². The van der Waals surface area contributed by atoms with Crippen LogP contribution in [0.1, 0.15) is 42.3 Å². The van der Waals surface area contributed by atoms with Crippen LogP contribution in [-0.4, -0.2) is 18.1 Å². The predicted molar refractivity (Wildman–Crippen MR) is 90.0 cm³/mol. The molecule has 21 heavy (non-hydrogen) atoms. The van der Waals surface area contributed by atoms with Crippen LogP contribution in [0.5, 0.6) is 0 Å². The first kappa shape index (κ1) is 14.5. The van der Waals surface area contributed by atoms with Gasteiger partial charge in [-0.2, -0.15) is 0 Å². The van der Waals surface area contributed by atoms with Crippen molar-refractivity contribution < 1.29 is 0 Å². The van der Waals surface area contributed by atoms with Gasteiger partial charge in [0.05, 0.1) is 17.9 Å². The van der Waals surface area contributed by atoms with Crippen LogP contribution in [0.2, 0.25) is 0 Å². The molecule has 2 aromatic rings. The van der Waals surface area contributed by atoms with Crippen LogP contribution in [0.3, 0.4) is 0 Å². The number of fused-ring (bicyclic) bond motifs is 1. The largest absolute Gasteiger partial charge is 0.363 e. The van der Waals surface area contributed by atoms with Crippen LogP contribution < -0.4 is 10.2 Å². The van der Waals surface area contributed by atoms with Crippen LogP contribution in [-0.2, 0) is 13.0 Å². The van der Waals surface area contributed by atoms with E-state index in [1.807, 2.05) is 23.7 Å².